The van der Waals surface area contributed by atoms with Crippen LogP contribution in [0, 0.1) is 11.8 Å². The first-order chi connectivity index (χ1) is 15.4. The molecule has 6 atom stereocenters. The van der Waals surface area contributed by atoms with Crippen LogP contribution < -0.4 is 0 Å². The molecule has 0 saturated carbocycles. The summed E-state index contributed by atoms with van der Waals surface area (Å²) in [6, 6.07) is -0.973. The van der Waals surface area contributed by atoms with Crippen LogP contribution in [0.1, 0.15) is 27.2 Å². The molecule has 1 N–H and O–H groups in total. The van der Waals surface area contributed by atoms with Gasteiger partial charge in [0.15, 0.2) is 0 Å². The maximum absolute atomic E-state index is 15.5. The SMILES string of the molecule is CC1CC2=C(OC3C=CC(Br)=CC23)C(C2C(F)=CC(/C=C/C(=O)O)=CC2F)N1CC(C)(C)F. The van der Waals surface area contributed by atoms with Crippen LogP contribution in [0.5, 0.6) is 0 Å². The zero-order chi connectivity index (χ0) is 24.1. The molecule has 8 heteroatoms. The number of hydrogen-bond donors (Lipinski definition) is 1. The molecule has 2 aliphatic carbocycles. The number of nitrogens with zero attached hydrogens (tertiary/aromatic N) is 1. The summed E-state index contributed by atoms with van der Waals surface area (Å²) in [6.45, 7) is 4.85. The van der Waals surface area contributed by atoms with Crippen molar-refractivity contribution in [2.75, 3.05) is 6.54 Å². The first-order valence-electron chi connectivity index (χ1n) is 11.0. The molecule has 4 aliphatic rings. The number of fused-ring (bicyclic) bond motifs is 2. The summed E-state index contributed by atoms with van der Waals surface area (Å²) in [6.07, 6.45) is 8.84. The highest BCUT2D eigenvalue weighted by atomic mass is 79.9. The van der Waals surface area contributed by atoms with Gasteiger partial charge in [0, 0.05) is 29.1 Å². The second kappa shape index (κ2) is 8.95. The second-order valence-electron chi connectivity index (χ2n) is 9.64. The van der Waals surface area contributed by atoms with Crippen LogP contribution in [0.3, 0.4) is 0 Å². The van der Waals surface area contributed by atoms with Crippen molar-refractivity contribution in [3.63, 3.8) is 0 Å². The number of halogens is 4. The fraction of sp³-hybridized carbons (Fsp3) is 0.480. The summed E-state index contributed by atoms with van der Waals surface area (Å²) in [4.78, 5) is 12.6. The van der Waals surface area contributed by atoms with Gasteiger partial charge in [-0.3, -0.25) is 4.90 Å². The number of carboxylic acids is 1. The molecule has 6 unspecified atom stereocenters. The molecule has 2 aliphatic heterocycles. The van der Waals surface area contributed by atoms with Crippen LogP contribution in [-0.2, 0) is 9.53 Å². The Balaban J connectivity index is 1.76. The van der Waals surface area contributed by atoms with Gasteiger partial charge in [-0.15, -0.1) is 0 Å². The highest BCUT2D eigenvalue weighted by Gasteiger charge is 2.51. The van der Waals surface area contributed by atoms with E-state index in [2.05, 4.69) is 15.9 Å². The lowest BCUT2D eigenvalue weighted by Gasteiger charge is -2.46. The van der Waals surface area contributed by atoms with Crippen molar-refractivity contribution in [2.24, 2.45) is 11.8 Å². The number of rotatable bonds is 5. The molecule has 0 aromatic heterocycles. The van der Waals surface area contributed by atoms with Gasteiger partial charge in [-0.2, -0.15) is 0 Å². The van der Waals surface area contributed by atoms with Crippen LogP contribution in [-0.4, -0.2) is 52.5 Å². The fourth-order valence-corrected chi connectivity index (χ4v) is 5.62. The third kappa shape index (κ3) is 4.92. The second-order valence-corrected chi connectivity index (χ2v) is 10.6. The largest absolute Gasteiger partial charge is 0.488 e. The molecule has 0 radical (unpaired) electrons. The molecular formula is C25H27BrF3NO3. The van der Waals surface area contributed by atoms with Crippen LogP contribution in [0.4, 0.5) is 13.2 Å². The van der Waals surface area contributed by atoms with Gasteiger partial charge < -0.3 is 9.84 Å². The molecule has 4 rings (SSSR count). The van der Waals surface area contributed by atoms with E-state index in [1.54, 1.807) is 0 Å². The van der Waals surface area contributed by atoms with Gasteiger partial charge in [-0.1, -0.05) is 22.0 Å². The standard InChI is InChI=1S/C25H27BrF3NO3/c1-13-8-17-16-11-15(26)5-6-20(16)33-24(17)23(30(13)12-25(2,3)29)22-18(27)9-14(10-19(22)28)4-7-21(31)32/h4-7,9-11,13,16,18,20,22-23H,8,12H2,1-3H3,(H,31,32)/b7-4+. The molecule has 4 nitrogen and oxygen atoms in total. The quantitative estimate of drug-likeness (QED) is 0.467. The van der Waals surface area contributed by atoms with Crippen molar-refractivity contribution < 1.29 is 27.8 Å². The summed E-state index contributed by atoms with van der Waals surface area (Å²) < 4.78 is 53.0. The molecule has 0 saturated heterocycles. The van der Waals surface area contributed by atoms with Crippen molar-refractivity contribution in [3.05, 3.63) is 69.7 Å². The van der Waals surface area contributed by atoms with E-state index >= 15 is 8.78 Å². The zero-order valence-electron chi connectivity index (χ0n) is 18.6. The molecule has 0 spiro atoms. The third-order valence-corrected chi connectivity index (χ3v) is 6.99. The minimum Gasteiger partial charge on any atom is -0.488 e. The molecular weight excluding hydrogens is 499 g/mol. The van der Waals surface area contributed by atoms with Gasteiger partial charge in [0.25, 0.3) is 0 Å². The summed E-state index contributed by atoms with van der Waals surface area (Å²) in [5.74, 6) is -2.66. The Kier molecular flexibility index (Phi) is 6.53. The minimum absolute atomic E-state index is 0.00430. The lowest BCUT2D eigenvalue weighted by molar-refractivity contribution is -0.131. The third-order valence-electron chi connectivity index (χ3n) is 6.46. The van der Waals surface area contributed by atoms with Crippen LogP contribution in [0.2, 0.25) is 0 Å². The van der Waals surface area contributed by atoms with E-state index in [1.807, 2.05) is 30.1 Å². The van der Waals surface area contributed by atoms with Gasteiger partial charge in [0.2, 0.25) is 0 Å². The normalized spacial score (nSPS) is 34.5. The Hall–Kier alpha value is -2.06. The summed E-state index contributed by atoms with van der Waals surface area (Å²) in [5, 5.41) is 8.83. The van der Waals surface area contributed by atoms with Gasteiger partial charge >= 0.3 is 5.97 Å². The maximum atomic E-state index is 15.5. The smallest absolute Gasteiger partial charge is 0.328 e. The molecule has 2 heterocycles. The molecule has 33 heavy (non-hydrogen) atoms. The van der Waals surface area contributed by atoms with E-state index in [0.717, 1.165) is 28.3 Å². The Morgan fingerprint density at radius 2 is 2.12 bits per heavy atom. The van der Waals surface area contributed by atoms with Crippen molar-refractivity contribution in [1.29, 1.82) is 0 Å². The van der Waals surface area contributed by atoms with Crippen LogP contribution >= 0.6 is 15.9 Å². The highest BCUT2D eigenvalue weighted by molar-refractivity contribution is 9.11. The van der Waals surface area contributed by atoms with Crippen LogP contribution in [0.15, 0.2) is 69.7 Å². The maximum Gasteiger partial charge on any atom is 0.328 e. The van der Waals surface area contributed by atoms with Gasteiger partial charge in [0.05, 0.1) is 12.0 Å². The Labute approximate surface area is 200 Å². The van der Waals surface area contributed by atoms with E-state index in [-0.39, 0.29) is 30.2 Å². The van der Waals surface area contributed by atoms with Gasteiger partial charge in [-0.05, 0) is 68.7 Å². The first-order valence-corrected chi connectivity index (χ1v) is 11.8. The summed E-state index contributed by atoms with van der Waals surface area (Å²) >= 11 is 3.50. The zero-order valence-corrected chi connectivity index (χ0v) is 20.2. The number of aliphatic carboxylic acids is 1. The molecule has 0 aromatic rings. The average molecular weight is 526 g/mol. The van der Waals surface area contributed by atoms with E-state index in [1.165, 1.54) is 19.9 Å². The highest BCUT2D eigenvalue weighted by Crippen LogP contribution is 2.49. The van der Waals surface area contributed by atoms with E-state index in [0.29, 0.717) is 12.2 Å². The molecule has 0 amide bonds. The lowest BCUT2D eigenvalue weighted by atomic mass is 9.78. The monoisotopic (exact) mass is 525 g/mol. The molecule has 0 bridgehead atoms. The number of hydrogen-bond acceptors (Lipinski definition) is 3. The van der Waals surface area contributed by atoms with Crippen molar-refractivity contribution >= 4 is 21.9 Å². The van der Waals surface area contributed by atoms with Gasteiger partial charge in [-0.25, -0.2) is 18.0 Å². The lowest BCUT2D eigenvalue weighted by Crippen LogP contribution is -2.55. The number of ether oxygens (including phenoxy) is 1. The number of carbonyl (C=O) groups is 1. The van der Waals surface area contributed by atoms with E-state index < -0.39 is 35.6 Å². The van der Waals surface area contributed by atoms with Crippen molar-refractivity contribution in [3.8, 4) is 0 Å². The van der Waals surface area contributed by atoms with Crippen LogP contribution in [0.25, 0.3) is 0 Å². The molecule has 0 aromatic carbocycles. The summed E-state index contributed by atoms with van der Waals surface area (Å²) in [7, 11) is 0. The van der Waals surface area contributed by atoms with Crippen molar-refractivity contribution in [2.45, 2.75) is 57.2 Å². The Morgan fingerprint density at radius 3 is 2.76 bits per heavy atom. The topological polar surface area (TPSA) is 49.8 Å². The number of alkyl halides is 2. The van der Waals surface area contributed by atoms with Crippen molar-refractivity contribution in [1.82, 2.24) is 4.90 Å². The van der Waals surface area contributed by atoms with E-state index in [4.69, 9.17) is 9.84 Å². The van der Waals surface area contributed by atoms with E-state index in [9.17, 15) is 9.18 Å². The molecule has 178 valence electrons. The summed E-state index contributed by atoms with van der Waals surface area (Å²) in [5.41, 5.74) is -0.442. The fourth-order valence-electron chi connectivity index (χ4n) is 5.18. The van der Waals surface area contributed by atoms with Gasteiger partial charge in [0.1, 0.15) is 29.5 Å². The average Bonchev–Trinajstić information content (AvgIpc) is 3.04. The predicted octanol–water partition coefficient (Wildman–Crippen LogP) is 5.70. The Morgan fingerprint density at radius 1 is 1.39 bits per heavy atom. The minimum atomic E-state index is -1.73. The predicted molar refractivity (Wildman–Crippen MR) is 124 cm³/mol. The Bertz CT molecular complexity index is 1020. The number of allylic oxidation sites excluding steroid dienone is 6. The first kappa shape index (κ1) is 24.1. The molecule has 0 fully saturated rings. The number of carboxylic acid groups (broad SMARTS) is 1.